The van der Waals surface area contributed by atoms with Crippen LogP contribution in [-0.4, -0.2) is 16.8 Å². The summed E-state index contributed by atoms with van der Waals surface area (Å²) in [7, 11) is 0. The number of oxime groups is 1. The zero-order chi connectivity index (χ0) is 13.7. The van der Waals surface area contributed by atoms with Crippen LogP contribution in [0, 0.1) is 0 Å². The van der Waals surface area contributed by atoms with Crippen LogP contribution >= 0.6 is 11.3 Å². The maximum atomic E-state index is 10.8. The molecule has 2 rings (SSSR count). The van der Waals surface area contributed by atoms with Crippen molar-refractivity contribution >= 4 is 23.0 Å². The fourth-order valence-electron chi connectivity index (χ4n) is 1.47. The molecule has 0 saturated heterocycles. The number of carboxylic acids is 1. The van der Waals surface area contributed by atoms with Gasteiger partial charge in [-0.2, -0.15) is 0 Å². The molecule has 0 aliphatic heterocycles. The van der Waals surface area contributed by atoms with Crippen LogP contribution in [0.2, 0.25) is 0 Å². The highest BCUT2D eigenvalue weighted by Gasteiger charge is 2.08. The number of hydrogen-bond donors (Lipinski definition) is 1. The fourth-order valence-corrected chi connectivity index (χ4v) is 2.25. The summed E-state index contributed by atoms with van der Waals surface area (Å²) in [6, 6.07) is 13.0. The van der Waals surface area contributed by atoms with Gasteiger partial charge in [-0.25, -0.2) is 4.79 Å². The lowest BCUT2D eigenvalue weighted by Gasteiger charge is -2.00. The molecule has 0 aliphatic carbocycles. The van der Waals surface area contributed by atoms with Crippen molar-refractivity contribution in [2.75, 3.05) is 0 Å². The monoisotopic (exact) mass is 275 g/mol. The third-order valence-electron chi connectivity index (χ3n) is 2.45. The number of carbonyl (C=O) groups is 1. The molecule has 0 aliphatic rings. The van der Waals surface area contributed by atoms with Gasteiger partial charge >= 0.3 is 5.97 Å². The van der Waals surface area contributed by atoms with E-state index in [2.05, 4.69) is 5.16 Å². The second-order valence-electron chi connectivity index (χ2n) is 3.90. The molecule has 0 amide bonds. The van der Waals surface area contributed by atoms with Crippen LogP contribution in [0.3, 0.4) is 0 Å². The molecule has 0 fully saturated rings. The van der Waals surface area contributed by atoms with Crippen molar-refractivity contribution in [2.24, 2.45) is 5.16 Å². The van der Waals surface area contributed by atoms with Gasteiger partial charge in [0.05, 0.1) is 10.6 Å². The number of carboxylic acid groups (broad SMARTS) is 1. The molecule has 0 unspecified atom stereocenters. The standard InChI is InChI=1S/C14H13NO3S/c1-10(12-7-8-13(19-12)14(16)17)15-18-9-11-5-3-2-4-6-11/h2-8H,9H2,1H3,(H,16,17)/b15-10-. The maximum absolute atomic E-state index is 10.8. The van der Waals surface area contributed by atoms with Gasteiger partial charge in [-0.1, -0.05) is 35.5 Å². The molecular weight excluding hydrogens is 262 g/mol. The Balaban J connectivity index is 1.97. The van der Waals surface area contributed by atoms with Crippen LogP contribution < -0.4 is 0 Å². The fraction of sp³-hybridized carbons (Fsp3) is 0.143. The molecule has 1 aromatic carbocycles. The minimum atomic E-state index is -0.922. The average molecular weight is 275 g/mol. The molecule has 0 bridgehead atoms. The summed E-state index contributed by atoms with van der Waals surface area (Å²) >= 11 is 1.19. The van der Waals surface area contributed by atoms with E-state index in [1.165, 1.54) is 11.3 Å². The van der Waals surface area contributed by atoms with Crippen LogP contribution in [0.15, 0.2) is 47.6 Å². The average Bonchev–Trinajstić information content (AvgIpc) is 2.89. The normalized spacial score (nSPS) is 11.3. The first kappa shape index (κ1) is 13.3. The van der Waals surface area contributed by atoms with Gasteiger partial charge in [0.25, 0.3) is 0 Å². The third-order valence-corrected chi connectivity index (χ3v) is 3.63. The minimum absolute atomic E-state index is 0.299. The van der Waals surface area contributed by atoms with E-state index in [-0.39, 0.29) is 0 Å². The molecule has 5 heteroatoms. The van der Waals surface area contributed by atoms with E-state index in [9.17, 15) is 4.79 Å². The number of hydrogen-bond acceptors (Lipinski definition) is 4. The predicted molar refractivity (Wildman–Crippen MR) is 74.7 cm³/mol. The Hall–Kier alpha value is -2.14. The first-order valence-corrected chi connectivity index (χ1v) is 6.52. The number of nitrogens with zero attached hydrogens (tertiary/aromatic N) is 1. The molecule has 1 aromatic heterocycles. The van der Waals surface area contributed by atoms with Gasteiger partial charge in [-0.15, -0.1) is 11.3 Å². The zero-order valence-corrected chi connectivity index (χ0v) is 11.2. The van der Waals surface area contributed by atoms with Gasteiger partial charge in [-0.05, 0) is 24.6 Å². The summed E-state index contributed by atoms with van der Waals surface area (Å²) in [6.45, 7) is 2.19. The molecule has 1 heterocycles. The quantitative estimate of drug-likeness (QED) is 0.672. The van der Waals surface area contributed by atoms with Crippen molar-refractivity contribution < 1.29 is 14.7 Å². The van der Waals surface area contributed by atoms with Crippen LogP contribution in [0.5, 0.6) is 0 Å². The number of thiophene rings is 1. The highest BCUT2D eigenvalue weighted by molar-refractivity contribution is 7.15. The van der Waals surface area contributed by atoms with Crippen LogP contribution in [0.25, 0.3) is 0 Å². The molecule has 0 atom stereocenters. The van der Waals surface area contributed by atoms with Gasteiger partial charge < -0.3 is 9.94 Å². The van der Waals surface area contributed by atoms with E-state index in [1.807, 2.05) is 30.3 Å². The largest absolute Gasteiger partial charge is 0.477 e. The molecule has 0 spiro atoms. The summed E-state index contributed by atoms with van der Waals surface area (Å²) in [5, 5.41) is 12.8. The second kappa shape index (κ2) is 6.15. The third kappa shape index (κ3) is 3.66. The lowest BCUT2D eigenvalue weighted by molar-refractivity contribution is 0.0702. The lowest BCUT2D eigenvalue weighted by atomic mass is 10.2. The van der Waals surface area contributed by atoms with Gasteiger partial charge in [0.1, 0.15) is 11.5 Å². The van der Waals surface area contributed by atoms with E-state index in [4.69, 9.17) is 9.94 Å². The molecule has 4 nitrogen and oxygen atoms in total. The Bertz CT molecular complexity index is 590. The summed E-state index contributed by atoms with van der Waals surface area (Å²) in [5.74, 6) is -0.922. The molecule has 0 saturated carbocycles. The molecule has 1 N–H and O–H groups in total. The van der Waals surface area contributed by atoms with Gasteiger partial charge in [-0.3, -0.25) is 0 Å². The van der Waals surface area contributed by atoms with Crippen molar-refractivity contribution in [1.82, 2.24) is 0 Å². The molecule has 0 radical (unpaired) electrons. The topological polar surface area (TPSA) is 58.9 Å². The van der Waals surface area contributed by atoms with Crippen molar-refractivity contribution in [3.8, 4) is 0 Å². The van der Waals surface area contributed by atoms with E-state index >= 15 is 0 Å². The van der Waals surface area contributed by atoms with Gasteiger partial charge in [0.15, 0.2) is 0 Å². The van der Waals surface area contributed by atoms with Crippen LogP contribution in [0.1, 0.15) is 27.0 Å². The molecule has 2 aromatic rings. The van der Waals surface area contributed by atoms with Crippen LogP contribution in [-0.2, 0) is 11.4 Å². The second-order valence-corrected chi connectivity index (χ2v) is 4.99. The van der Waals surface area contributed by atoms with Crippen molar-refractivity contribution in [3.05, 3.63) is 57.8 Å². The lowest BCUT2D eigenvalue weighted by Crippen LogP contribution is -1.94. The Labute approximate surface area is 115 Å². The summed E-state index contributed by atoms with van der Waals surface area (Å²) in [5.41, 5.74) is 1.71. The van der Waals surface area contributed by atoms with Crippen LogP contribution in [0.4, 0.5) is 0 Å². The Kier molecular flexibility index (Phi) is 4.30. The van der Waals surface area contributed by atoms with E-state index in [0.717, 1.165) is 10.4 Å². The summed E-state index contributed by atoms with van der Waals surface area (Å²) < 4.78 is 0. The Morgan fingerprint density at radius 1 is 1.21 bits per heavy atom. The Morgan fingerprint density at radius 2 is 1.89 bits per heavy atom. The summed E-state index contributed by atoms with van der Waals surface area (Å²) in [6.07, 6.45) is 0. The van der Waals surface area contributed by atoms with Crippen molar-refractivity contribution in [3.63, 3.8) is 0 Å². The van der Waals surface area contributed by atoms with Gasteiger partial charge in [0.2, 0.25) is 0 Å². The van der Waals surface area contributed by atoms with E-state index in [0.29, 0.717) is 17.2 Å². The number of benzene rings is 1. The number of rotatable bonds is 5. The van der Waals surface area contributed by atoms with Crippen molar-refractivity contribution in [1.29, 1.82) is 0 Å². The molecule has 98 valence electrons. The SMILES string of the molecule is C/C(=N/OCc1ccccc1)c1ccc(C(=O)O)s1. The minimum Gasteiger partial charge on any atom is -0.477 e. The first-order valence-electron chi connectivity index (χ1n) is 5.71. The summed E-state index contributed by atoms with van der Waals surface area (Å²) in [4.78, 5) is 17.1. The highest BCUT2D eigenvalue weighted by atomic mass is 32.1. The van der Waals surface area contributed by atoms with E-state index in [1.54, 1.807) is 19.1 Å². The zero-order valence-electron chi connectivity index (χ0n) is 10.4. The van der Waals surface area contributed by atoms with Crippen molar-refractivity contribution in [2.45, 2.75) is 13.5 Å². The number of aromatic carboxylic acids is 1. The Morgan fingerprint density at radius 3 is 2.53 bits per heavy atom. The maximum Gasteiger partial charge on any atom is 0.345 e. The smallest absolute Gasteiger partial charge is 0.345 e. The van der Waals surface area contributed by atoms with E-state index < -0.39 is 5.97 Å². The highest BCUT2D eigenvalue weighted by Crippen LogP contribution is 2.17. The first-order chi connectivity index (χ1) is 9.16. The predicted octanol–water partition coefficient (Wildman–Crippen LogP) is 3.39. The molecule has 19 heavy (non-hydrogen) atoms. The molecular formula is C14H13NO3S. The van der Waals surface area contributed by atoms with Gasteiger partial charge in [0, 0.05) is 0 Å².